The zero-order valence-electron chi connectivity index (χ0n) is 10.1. The third-order valence-electron chi connectivity index (χ3n) is 2.57. The van der Waals surface area contributed by atoms with Crippen molar-refractivity contribution in [1.82, 2.24) is 30.3 Å². The van der Waals surface area contributed by atoms with Crippen molar-refractivity contribution in [3.8, 4) is 0 Å². The number of hydrogen-bond acceptors (Lipinski definition) is 5. The number of amides is 2. The predicted molar refractivity (Wildman–Crippen MR) is 59.8 cm³/mol. The van der Waals surface area contributed by atoms with Crippen LogP contribution in [-0.2, 0) is 0 Å². The molecule has 9 nitrogen and oxygen atoms in total. The number of carbonyl (C=O) groups excluding carboxylic acids is 1. The van der Waals surface area contributed by atoms with Gasteiger partial charge in [-0.2, -0.15) is 0 Å². The summed E-state index contributed by atoms with van der Waals surface area (Å²) in [7, 11) is 3.46. The molecule has 1 aromatic heterocycles. The molecule has 0 aliphatic carbocycles. The lowest BCUT2D eigenvalue weighted by molar-refractivity contribution is 0.0689. The maximum Gasteiger partial charge on any atom is 0.358 e. The van der Waals surface area contributed by atoms with Crippen LogP contribution in [0.4, 0.5) is 4.79 Å². The Kier molecular flexibility index (Phi) is 3.15. The third-order valence-corrected chi connectivity index (χ3v) is 2.57. The Balaban J connectivity index is 1.88. The number of urea groups is 1. The molecule has 0 saturated carbocycles. The lowest BCUT2D eigenvalue weighted by Gasteiger charge is -2.39. The summed E-state index contributed by atoms with van der Waals surface area (Å²) in [4.78, 5) is 23.8. The van der Waals surface area contributed by atoms with Gasteiger partial charge in [-0.3, -0.25) is 5.43 Å². The maximum atomic E-state index is 11.6. The Bertz CT molecular complexity index is 465. The molecule has 0 atom stereocenters. The first-order chi connectivity index (χ1) is 8.47. The first-order valence-corrected chi connectivity index (χ1v) is 5.35. The van der Waals surface area contributed by atoms with Gasteiger partial charge in [0.15, 0.2) is 5.69 Å². The van der Waals surface area contributed by atoms with Gasteiger partial charge in [-0.15, -0.1) is 5.10 Å². The molecule has 98 valence electrons. The highest BCUT2D eigenvalue weighted by atomic mass is 16.4. The first-order valence-electron chi connectivity index (χ1n) is 5.35. The van der Waals surface area contributed by atoms with Crippen molar-refractivity contribution in [1.29, 1.82) is 0 Å². The summed E-state index contributed by atoms with van der Waals surface area (Å²) in [6, 6.07) is -0.201. The molecule has 0 spiro atoms. The summed E-state index contributed by atoms with van der Waals surface area (Å²) in [5.41, 5.74) is 2.53. The molecule has 1 aliphatic heterocycles. The Hall–Kier alpha value is -2.16. The van der Waals surface area contributed by atoms with Crippen molar-refractivity contribution in [2.45, 2.75) is 6.04 Å². The van der Waals surface area contributed by atoms with E-state index in [0.29, 0.717) is 13.1 Å². The molecule has 2 heterocycles. The maximum absolute atomic E-state index is 11.6. The van der Waals surface area contributed by atoms with Crippen molar-refractivity contribution in [3.63, 3.8) is 0 Å². The van der Waals surface area contributed by atoms with Crippen LogP contribution in [-0.4, -0.2) is 69.2 Å². The number of nitrogens with zero attached hydrogens (tertiary/aromatic N) is 5. The largest absolute Gasteiger partial charge is 0.476 e. The number of nitrogens with one attached hydrogen (secondary N) is 1. The third kappa shape index (κ3) is 2.40. The van der Waals surface area contributed by atoms with Gasteiger partial charge < -0.3 is 10.0 Å². The van der Waals surface area contributed by atoms with Gasteiger partial charge in [-0.25, -0.2) is 19.3 Å². The second-order valence-corrected chi connectivity index (χ2v) is 4.26. The van der Waals surface area contributed by atoms with E-state index in [1.807, 2.05) is 0 Å². The van der Waals surface area contributed by atoms with Crippen LogP contribution in [0, 0.1) is 0 Å². The van der Waals surface area contributed by atoms with E-state index >= 15 is 0 Å². The van der Waals surface area contributed by atoms with Crippen LogP contribution in [0.25, 0.3) is 0 Å². The molecule has 1 saturated heterocycles. The number of aromatic carboxylic acids is 1. The van der Waals surface area contributed by atoms with Gasteiger partial charge in [-0.05, 0) is 0 Å². The highest BCUT2D eigenvalue weighted by molar-refractivity contribution is 5.84. The number of carboxylic acids is 1. The second-order valence-electron chi connectivity index (χ2n) is 4.26. The fraction of sp³-hybridized carbons (Fsp3) is 0.556. The van der Waals surface area contributed by atoms with E-state index in [4.69, 9.17) is 5.11 Å². The van der Waals surface area contributed by atoms with Gasteiger partial charge in [0, 0.05) is 27.2 Å². The molecular weight excluding hydrogens is 240 g/mol. The number of likely N-dealkylation sites (tertiary alicyclic amines) is 1. The Labute approximate surface area is 103 Å². The van der Waals surface area contributed by atoms with Crippen molar-refractivity contribution in [2.75, 3.05) is 27.2 Å². The molecule has 2 N–H and O–H groups in total. The molecular formula is C9H14N6O3. The molecule has 1 fully saturated rings. The summed E-state index contributed by atoms with van der Waals surface area (Å²) in [6.45, 7) is 0.976. The Morgan fingerprint density at radius 2 is 2.17 bits per heavy atom. The van der Waals surface area contributed by atoms with Gasteiger partial charge in [0.1, 0.15) is 0 Å². The number of hydrazine groups is 1. The summed E-state index contributed by atoms with van der Waals surface area (Å²) < 4.78 is 1.48. The van der Waals surface area contributed by atoms with Crippen LogP contribution in [0.2, 0.25) is 0 Å². The average molecular weight is 254 g/mol. The second kappa shape index (κ2) is 4.61. The van der Waals surface area contributed by atoms with E-state index in [9.17, 15) is 9.59 Å². The molecule has 18 heavy (non-hydrogen) atoms. The summed E-state index contributed by atoms with van der Waals surface area (Å²) in [5, 5.41) is 17.5. The normalized spacial score (nSPS) is 15.6. The average Bonchev–Trinajstić information content (AvgIpc) is 2.62. The topological polar surface area (TPSA) is 104 Å². The molecule has 0 aromatic carbocycles. The molecule has 2 amide bonds. The Morgan fingerprint density at radius 1 is 1.50 bits per heavy atom. The molecule has 9 heteroatoms. The van der Waals surface area contributed by atoms with Gasteiger partial charge in [0.2, 0.25) is 0 Å². The smallest absolute Gasteiger partial charge is 0.358 e. The van der Waals surface area contributed by atoms with Crippen LogP contribution in [0.1, 0.15) is 16.5 Å². The summed E-state index contributed by atoms with van der Waals surface area (Å²) >= 11 is 0. The lowest BCUT2D eigenvalue weighted by atomic mass is 10.1. The summed E-state index contributed by atoms with van der Waals surface area (Å²) in [5.74, 6) is -1.11. The number of aromatic nitrogens is 3. The number of rotatable bonds is 3. The Morgan fingerprint density at radius 3 is 2.67 bits per heavy atom. The van der Waals surface area contributed by atoms with E-state index < -0.39 is 5.97 Å². The van der Waals surface area contributed by atoms with E-state index in [0.717, 1.165) is 0 Å². The van der Waals surface area contributed by atoms with Crippen molar-refractivity contribution in [2.24, 2.45) is 0 Å². The number of carboxylic acid groups (broad SMARTS) is 1. The monoisotopic (exact) mass is 254 g/mol. The standard InChI is InChI=1S/C9H14N6O3/c1-13(2)11-9(18)14-3-6(4-14)15-5-7(8(16)17)10-12-15/h5-6H,3-4H2,1-2H3,(H,11,18)(H,16,17). The van der Waals surface area contributed by atoms with Gasteiger partial charge in [0.25, 0.3) is 0 Å². The van der Waals surface area contributed by atoms with Gasteiger partial charge in [-0.1, -0.05) is 5.21 Å². The van der Waals surface area contributed by atoms with Crippen molar-refractivity contribution < 1.29 is 14.7 Å². The highest BCUT2D eigenvalue weighted by Gasteiger charge is 2.33. The van der Waals surface area contributed by atoms with Crippen LogP contribution in [0.15, 0.2) is 6.20 Å². The lowest BCUT2D eigenvalue weighted by Crippen LogP contribution is -2.56. The van der Waals surface area contributed by atoms with Crippen LogP contribution < -0.4 is 5.43 Å². The van der Waals surface area contributed by atoms with E-state index in [2.05, 4.69) is 15.7 Å². The van der Waals surface area contributed by atoms with Crippen molar-refractivity contribution >= 4 is 12.0 Å². The minimum atomic E-state index is -1.11. The zero-order chi connectivity index (χ0) is 13.3. The van der Waals surface area contributed by atoms with E-state index in [-0.39, 0.29) is 17.8 Å². The minimum Gasteiger partial charge on any atom is -0.476 e. The molecule has 1 aliphatic rings. The fourth-order valence-corrected chi connectivity index (χ4v) is 1.60. The van der Waals surface area contributed by atoms with Gasteiger partial charge >= 0.3 is 12.0 Å². The predicted octanol–water partition coefficient (Wildman–Crippen LogP) is -0.981. The van der Waals surface area contributed by atoms with E-state index in [1.54, 1.807) is 24.0 Å². The highest BCUT2D eigenvalue weighted by Crippen LogP contribution is 2.20. The first kappa shape index (κ1) is 12.3. The van der Waals surface area contributed by atoms with Crippen LogP contribution in [0.5, 0.6) is 0 Å². The molecule has 0 bridgehead atoms. The fourth-order valence-electron chi connectivity index (χ4n) is 1.60. The van der Waals surface area contributed by atoms with Crippen LogP contribution in [0.3, 0.4) is 0 Å². The SMILES string of the molecule is CN(C)NC(=O)N1CC(n2cc(C(=O)O)nn2)C1. The minimum absolute atomic E-state index is 0.0153. The molecule has 0 radical (unpaired) electrons. The van der Waals surface area contributed by atoms with Crippen LogP contribution >= 0.6 is 0 Å². The number of carbonyl (C=O) groups is 2. The quantitative estimate of drug-likeness (QED) is 0.672. The molecule has 1 aromatic rings. The number of hydrogen-bond donors (Lipinski definition) is 2. The van der Waals surface area contributed by atoms with E-state index in [1.165, 1.54) is 10.9 Å². The molecule has 0 unspecified atom stereocenters. The molecule has 2 rings (SSSR count). The summed E-state index contributed by atoms with van der Waals surface area (Å²) in [6.07, 6.45) is 1.37. The van der Waals surface area contributed by atoms with Crippen molar-refractivity contribution in [3.05, 3.63) is 11.9 Å². The zero-order valence-corrected chi connectivity index (χ0v) is 10.1. The van der Waals surface area contributed by atoms with Gasteiger partial charge in [0.05, 0.1) is 12.2 Å².